The highest BCUT2D eigenvalue weighted by atomic mass is 16.5. The number of likely N-dealkylation sites (tertiary alicyclic amines) is 1. The lowest BCUT2D eigenvalue weighted by Crippen LogP contribution is -2.33. The van der Waals surface area contributed by atoms with E-state index in [-0.39, 0.29) is 17.9 Å². The molecule has 1 aromatic carbocycles. The highest BCUT2D eigenvalue weighted by molar-refractivity contribution is 5.89. The first-order chi connectivity index (χ1) is 13.4. The zero-order chi connectivity index (χ0) is 20.5. The Kier molecular flexibility index (Phi) is 8.71. The average molecular weight is 388 g/mol. The number of esters is 1. The van der Waals surface area contributed by atoms with Crippen LogP contribution in [0.15, 0.2) is 36.4 Å². The van der Waals surface area contributed by atoms with Crippen molar-refractivity contribution in [2.45, 2.75) is 64.5 Å². The molecule has 1 N–H and O–H groups in total. The Hall–Kier alpha value is -2.14. The molecule has 28 heavy (non-hydrogen) atoms. The van der Waals surface area contributed by atoms with Crippen molar-refractivity contribution in [1.29, 1.82) is 0 Å². The number of hydrogen-bond donors (Lipinski definition) is 1. The maximum Gasteiger partial charge on any atom is 0.337 e. The summed E-state index contributed by atoms with van der Waals surface area (Å²) in [4.78, 5) is 25.6. The lowest BCUT2D eigenvalue weighted by Gasteiger charge is -2.23. The Labute approximate surface area is 168 Å². The van der Waals surface area contributed by atoms with Gasteiger partial charge in [0.15, 0.2) is 0 Å². The van der Waals surface area contributed by atoms with Crippen LogP contribution in [0.3, 0.4) is 0 Å². The first kappa shape index (κ1) is 22.2. The fraction of sp³-hybridized carbons (Fsp3) is 0.565. The molecule has 1 amide bonds. The summed E-state index contributed by atoms with van der Waals surface area (Å²) < 4.78 is 4.71. The Morgan fingerprint density at radius 3 is 2.64 bits per heavy atom. The number of hydrogen-bond acceptors (Lipinski definition) is 4. The number of aliphatic hydroxyl groups is 1. The van der Waals surface area contributed by atoms with E-state index in [1.165, 1.54) is 7.11 Å². The van der Waals surface area contributed by atoms with Gasteiger partial charge >= 0.3 is 5.97 Å². The van der Waals surface area contributed by atoms with E-state index < -0.39 is 6.10 Å². The molecule has 1 heterocycles. The summed E-state index contributed by atoms with van der Waals surface area (Å²) >= 11 is 0. The Balaban J connectivity index is 1.86. The minimum Gasteiger partial charge on any atom is -0.465 e. The van der Waals surface area contributed by atoms with Crippen molar-refractivity contribution in [2.75, 3.05) is 13.7 Å². The predicted octanol–water partition coefficient (Wildman–Crippen LogP) is 3.75. The molecule has 0 spiro atoms. The monoisotopic (exact) mass is 387 g/mol. The summed E-state index contributed by atoms with van der Waals surface area (Å²) in [6, 6.07) is 7.35. The van der Waals surface area contributed by atoms with Crippen LogP contribution in [0.1, 0.15) is 61.9 Å². The van der Waals surface area contributed by atoms with Gasteiger partial charge in [0.05, 0.1) is 24.8 Å². The summed E-state index contributed by atoms with van der Waals surface area (Å²) in [6.07, 6.45) is 8.38. The van der Waals surface area contributed by atoms with Crippen LogP contribution < -0.4 is 0 Å². The standard InChI is InChI=1S/C23H33NO4/c1-17(2)5-4-6-21(25)13-11-20-12-14-22(26)24(20)16-15-18-7-9-19(10-8-18)23(27)28-3/h7-11,13,17,20-21,25H,4-6,12,14-16H2,1-3H3/b13-11+/t20-,21+/m0/s1. The number of ether oxygens (including phenoxy) is 1. The van der Waals surface area contributed by atoms with E-state index >= 15 is 0 Å². The zero-order valence-electron chi connectivity index (χ0n) is 17.3. The first-order valence-electron chi connectivity index (χ1n) is 10.2. The number of amides is 1. The van der Waals surface area contributed by atoms with Crippen LogP contribution in [0.25, 0.3) is 0 Å². The van der Waals surface area contributed by atoms with E-state index in [9.17, 15) is 14.7 Å². The molecule has 1 fully saturated rings. The summed E-state index contributed by atoms with van der Waals surface area (Å²) in [7, 11) is 1.37. The van der Waals surface area contributed by atoms with Crippen molar-refractivity contribution in [3.8, 4) is 0 Å². The van der Waals surface area contributed by atoms with Crippen LogP contribution in [0.2, 0.25) is 0 Å². The number of methoxy groups -OCH3 is 1. The van der Waals surface area contributed by atoms with Gasteiger partial charge in [-0.25, -0.2) is 4.79 Å². The number of nitrogens with zero attached hydrogens (tertiary/aromatic N) is 1. The van der Waals surface area contributed by atoms with E-state index in [0.717, 1.165) is 37.7 Å². The number of carbonyl (C=O) groups is 2. The first-order valence-corrected chi connectivity index (χ1v) is 10.2. The normalized spacial score (nSPS) is 18.2. The maximum atomic E-state index is 12.2. The van der Waals surface area contributed by atoms with Gasteiger partial charge in [-0.1, -0.05) is 51.0 Å². The predicted molar refractivity (Wildman–Crippen MR) is 110 cm³/mol. The van der Waals surface area contributed by atoms with E-state index in [0.29, 0.717) is 24.4 Å². The number of rotatable bonds is 10. The molecule has 1 aromatic rings. The molecule has 2 atom stereocenters. The molecule has 0 aromatic heterocycles. The number of benzene rings is 1. The largest absolute Gasteiger partial charge is 0.465 e. The van der Waals surface area contributed by atoms with Crippen molar-refractivity contribution >= 4 is 11.9 Å². The van der Waals surface area contributed by atoms with Gasteiger partial charge in [0.25, 0.3) is 0 Å². The van der Waals surface area contributed by atoms with Crippen molar-refractivity contribution in [3.63, 3.8) is 0 Å². The molecule has 1 aliphatic heterocycles. The third-order valence-corrected chi connectivity index (χ3v) is 5.23. The van der Waals surface area contributed by atoms with Gasteiger partial charge in [0, 0.05) is 13.0 Å². The molecule has 0 aliphatic carbocycles. The van der Waals surface area contributed by atoms with E-state index in [1.807, 2.05) is 29.2 Å². The molecule has 154 valence electrons. The second-order valence-electron chi connectivity index (χ2n) is 7.91. The van der Waals surface area contributed by atoms with Crippen LogP contribution in [0.4, 0.5) is 0 Å². The van der Waals surface area contributed by atoms with Crippen LogP contribution >= 0.6 is 0 Å². The summed E-state index contributed by atoms with van der Waals surface area (Å²) in [5.74, 6) is 0.467. The quantitative estimate of drug-likeness (QED) is 0.490. The number of aliphatic hydroxyl groups excluding tert-OH is 1. The van der Waals surface area contributed by atoms with Crippen LogP contribution in [0.5, 0.6) is 0 Å². The van der Waals surface area contributed by atoms with Crippen molar-refractivity contribution in [3.05, 3.63) is 47.5 Å². The van der Waals surface area contributed by atoms with Crippen LogP contribution in [-0.2, 0) is 16.0 Å². The van der Waals surface area contributed by atoms with Gasteiger partial charge in [0.2, 0.25) is 5.91 Å². The summed E-state index contributed by atoms with van der Waals surface area (Å²) in [5.41, 5.74) is 1.60. The molecule has 1 saturated heterocycles. The Morgan fingerprint density at radius 2 is 2.00 bits per heavy atom. The van der Waals surface area contributed by atoms with E-state index in [4.69, 9.17) is 4.74 Å². The summed E-state index contributed by atoms with van der Waals surface area (Å²) in [6.45, 7) is 5.01. The summed E-state index contributed by atoms with van der Waals surface area (Å²) in [5, 5.41) is 10.1. The highest BCUT2D eigenvalue weighted by Gasteiger charge is 2.28. The molecule has 0 radical (unpaired) electrons. The zero-order valence-corrected chi connectivity index (χ0v) is 17.3. The van der Waals surface area contributed by atoms with Crippen molar-refractivity contribution in [1.82, 2.24) is 4.90 Å². The molecule has 5 heteroatoms. The SMILES string of the molecule is COC(=O)c1ccc(CCN2C(=O)CC[C@@H]2/C=C/[C@H](O)CCCC(C)C)cc1. The fourth-order valence-electron chi connectivity index (χ4n) is 3.51. The van der Waals surface area contributed by atoms with Gasteiger partial charge in [0.1, 0.15) is 0 Å². The minimum atomic E-state index is -0.442. The number of carbonyl (C=O) groups excluding carboxylic acids is 2. The molecule has 0 saturated carbocycles. The minimum absolute atomic E-state index is 0.0570. The average Bonchev–Trinajstić information content (AvgIpc) is 3.03. The third-order valence-electron chi connectivity index (χ3n) is 5.23. The van der Waals surface area contributed by atoms with Gasteiger partial charge in [-0.3, -0.25) is 4.79 Å². The maximum absolute atomic E-state index is 12.2. The molecular weight excluding hydrogens is 354 g/mol. The molecule has 0 unspecified atom stereocenters. The molecule has 5 nitrogen and oxygen atoms in total. The second-order valence-corrected chi connectivity index (χ2v) is 7.91. The fourth-order valence-corrected chi connectivity index (χ4v) is 3.51. The van der Waals surface area contributed by atoms with Crippen LogP contribution in [-0.4, -0.2) is 47.7 Å². The smallest absolute Gasteiger partial charge is 0.337 e. The lowest BCUT2D eigenvalue weighted by molar-refractivity contribution is -0.128. The van der Waals surface area contributed by atoms with Gasteiger partial charge < -0.3 is 14.7 Å². The van der Waals surface area contributed by atoms with Crippen molar-refractivity contribution in [2.24, 2.45) is 5.92 Å². The molecule has 1 aliphatic rings. The Morgan fingerprint density at radius 1 is 1.29 bits per heavy atom. The van der Waals surface area contributed by atoms with E-state index in [1.54, 1.807) is 12.1 Å². The molecular formula is C23H33NO4. The van der Waals surface area contributed by atoms with Crippen molar-refractivity contribution < 1.29 is 19.4 Å². The second kappa shape index (κ2) is 11.0. The van der Waals surface area contributed by atoms with Crippen LogP contribution in [0, 0.1) is 5.92 Å². The molecule has 0 bridgehead atoms. The third kappa shape index (κ3) is 6.79. The topological polar surface area (TPSA) is 66.8 Å². The van der Waals surface area contributed by atoms with Gasteiger partial charge in [-0.2, -0.15) is 0 Å². The van der Waals surface area contributed by atoms with Gasteiger partial charge in [-0.15, -0.1) is 0 Å². The Bertz CT molecular complexity index is 666. The van der Waals surface area contributed by atoms with E-state index in [2.05, 4.69) is 13.8 Å². The molecule has 2 rings (SSSR count). The lowest BCUT2D eigenvalue weighted by atomic mass is 10.0. The highest BCUT2D eigenvalue weighted by Crippen LogP contribution is 2.21. The van der Waals surface area contributed by atoms with Gasteiger partial charge in [-0.05, 0) is 42.9 Å².